The number of benzene rings is 2. The first-order chi connectivity index (χ1) is 11.9. The van der Waals surface area contributed by atoms with Crippen molar-refractivity contribution in [2.45, 2.75) is 4.90 Å². The fourth-order valence-corrected chi connectivity index (χ4v) is 3.17. The molecule has 0 spiro atoms. The number of rotatable bonds is 7. The molecule has 0 unspecified atom stereocenters. The van der Waals surface area contributed by atoms with Gasteiger partial charge in [-0.15, -0.1) is 0 Å². The zero-order valence-corrected chi connectivity index (χ0v) is 14.4. The van der Waals surface area contributed by atoms with E-state index in [0.29, 0.717) is 22.7 Å². The Morgan fingerprint density at radius 1 is 1.08 bits per heavy atom. The van der Waals surface area contributed by atoms with E-state index >= 15 is 0 Å². The van der Waals surface area contributed by atoms with Crippen molar-refractivity contribution in [3.8, 4) is 11.5 Å². The molecule has 0 aliphatic carbocycles. The molecule has 0 aliphatic heterocycles. The quantitative estimate of drug-likeness (QED) is 0.733. The third-order valence-electron chi connectivity index (χ3n) is 3.22. The van der Waals surface area contributed by atoms with Crippen LogP contribution in [0, 0.1) is 0 Å². The SMILES string of the molecule is COc1ccc(NS(=O)(=O)c2cccc(C=CC(=O)O)c2)cc1OC. The van der Waals surface area contributed by atoms with Crippen molar-refractivity contribution in [1.82, 2.24) is 0 Å². The van der Waals surface area contributed by atoms with Gasteiger partial charge in [0.1, 0.15) is 0 Å². The highest BCUT2D eigenvalue weighted by molar-refractivity contribution is 7.92. The van der Waals surface area contributed by atoms with Crippen molar-refractivity contribution < 1.29 is 27.8 Å². The van der Waals surface area contributed by atoms with Gasteiger partial charge < -0.3 is 14.6 Å². The van der Waals surface area contributed by atoms with E-state index in [-0.39, 0.29) is 4.90 Å². The van der Waals surface area contributed by atoms with E-state index < -0.39 is 16.0 Å². The zero-order chi connectivity index (χ0) is 18.4. The summed E-state index contributed by atoms with van der Waals surface area (Å²) in [6.45, 7) is 0. The van der Waals surface area contributed by atoms with E-state index in [2.05, 4.69) is 4.72 Å². The first-order valence-corrected chi connectivity index (χ1v) is 8.60. The smallest absolute Gasteiger partial charge is 0.328 e. The summed E-state index contributed by atoms with van der Waals surface area (Å²) in [5, 5.41) is 8.65. The number of nitrogens with one attached hydrogen (secondary N) is 1. The van der Waals surface area contributed by atoms with Crippen LogP contribution in [-0.4, -0.2) is 33.7 Å². The molecule has 0 amide bonds. The fraction of sp³-hybridized carbons (Fsp3) is 0.118. The van der Waals surface area contributed by atoms with Crippen molar-refractivity contribution in [3.63, 3.8) is 0 Å². The van der Waals surface area contributed by atoms with Gasteiger partial charge in [-0.2, -0.15) is 0 Å². The summed E-state index contributed by atoms with van der Waals surface area (Å²) in [6, 6.07) is 10.6. The minimum absolute atomic E-state index is 0.00910. The Kier molecular flexibility index (Phi) is 5.66. The fourth-order valence-electron chi connectivity index (χ4n) is 2.07. The van der Waals surface area contributed by atoms with E-state index in [0.717, 1.165) is 6.08 Å². The van der Waals surface area contributed by atoms with Gasteiger partial charge in [-0.3, -0.25) is 4.72 Å². The van der Waals surface area contributed by atoms with E-state index in [9.17, 15) is 13.2 Å². The number of anilines is 1. The van der Waals surface area contributed by atoms with Crippen LogP contribution >= 0.6 is 0 Å². The summed E-state index contributed by atoms with van der Waals surface area (Å²) in [4.78, 5) is 10.6. The largest absolute Gasteiger partial charge is 0.493 e. The number of hydrogen-bond donors (Lipinski definition) is 2. The summed E-state index contributed by atoms with van der Waals surface area (Å²) in [5.74, 6) is -0.246. The molecule has 0 aliphatic rings. The van der Waals surface area contributed by atoms with Gasteiger partial charge in [-0.05, 0) is 35.9 Å². The summed E-state index contributed by atoms with van der Waals surface area (Å²) >= 11 is 0. The van der Waals surface area contributed by atoms with E-state index in [1.807, 2.05) is 0 Å². The number of carboxylic acid groups (broad SMARTS) is 1. The molecule has 25 heavy (non-hydrogen) atoms. The second-order valence-corrected chi connectivity index (χ2v) is 6.60. The van der Waals surface area contributed by atoms with Gasteiger partial charge in [0.2, 0.25) is 0 Å². The molecule has 0 atom stereocenters. The zero-order valence-electron chi connectivity index (χ0n) is 13.6. The average Bonchev–Trinajstić information content (AvgIpc) is 2.59. The number of aliphatic carboxylic acids is 1. The second kappa shape index (κ2) is 7.71. The lowest BCUT2D eigenvalue weighted by molar-refractivity contribution is -0.131. The molecule has 0 radical (unpaired) electrons. The lowest BCUT2D eigenvalue weighted by Gasteiger charge is -2.12. The van der Waals surface area contributed by atoms with E-state index in [4.69, 9.17) is 14.6 Å². The molecule has 7 nitrogen and oxygen atoms in total. The Morgan fingerprint density at radius 3 is 2.44 bits per heavy atom. The summed E-state index contributed by atoms with van der Waals surface area (Å²) < 4.78 is 37.7. The molecular formula is C17H17NO6S. The maximum Gasteiger partial charge on any atom is 0.328 e. The molecule has 132 valence electrons. The van der Waals surface area contributed by atoms with Crippen LogP contribution in [0.3, 0.4) is 0 Å². The molecular weight excluding hydrogens is 346 g/mol. The number of methoxy groups -OCH3 is 2. The molecule has 0 bridgehead atoms. The first kappa shape index (κ1) is 18.3. The molecule has 0 aromatic heterocycles. The van der Waals surface area contributed by atoms with Crippen molar-refractivity contribution in [3.05, 3.63) is 54.1 Å². The Labute approximate surface area is 145 Å². The highest BCUT2D eigenvalue weighted by Gasteiger charge is 2.15. The van der Waals surface area contributed by atoms with Gasteiger partial charge in [0.05, 0.1) is 24.8 Å². The lowest BCUT2D eigenvalue weighted by atomic mass is 10.2. The van der Waals surface area contributed by atoms with Crippen LogP contribution in [-0.2, 0) is 14.8 Å². The molecule has 0 saturated carbocycles. The third-order valence-corrected chi connectivity index (χ3v) is 4.60. The van der Waals surface area contributed by atoms with Crippen molar-refractivity contribution in [2.75, 3.05) is 18.9 Å². The summed E-state index contributed by atoms with van der Waals surface area (Å²) in [5.41, 5.74) is 0.765. The average molecular weight is 363 g/mol. The van der Waals surface area contributed by atoms with Gasteiger partial charge >= 0.3 is 5.97 Å². The predicted octanol–water partition coefficient (Wildman–Crippen LogP) is 2.60. The molecule has 2 rings (SSSR count). The standard InChI is InChI=1S/C17H17NO6S/c1-23-15-8-7-13(11-16(15)24-2)18-25(21,22)14-5-3-4-12(10-14)6-9-17(19)20/h3-11,18H,1-2H3,(H,19,20). The minimum Gasteiger partial charge on any atom is -0.493 e. The van der Waals surface area contributed by atoms with Gasteiger partial charge in [0.15, 0.2) is 11.5 Å². The van der Waals surface area contributed by atoms with Crippen molar-refractivity contribution in [2.24, 2.45) is 0 Å². The number of ether oxygens (including phenoxy) is 2. The minimum atomic E-state index is -3.85. The number of carbonyl (C=O) groups is 1. The Bertz CT molecular complexity index is 905. The van der Waals surface area contributed by atoms with Gasteiger partial charge in [0, 0.05) is 12.1 Å². The van der Waals surface area contributed by atoms with Gasteiger partial charge in [-0.25, -0.2) is 13.2 Å². The van der Waals surface area contributed by atoms with Crippen molar-refractivity contribution >= 4 is 27.8 Å². The molecule has 0 heterocycles. The predicted molar refractivity (Wildman–Crippen MR) is 93.5 cm³/mol. The monoisotopic (exact) mass is 363 g/mol. The Hall–Kier alpha value is -3.00. The molecule has 0 saturated heterocycles. The Balaban J connectivity index is 2.30. The lowest BCUT2D eigenvalue weighted by Crippen LogP contribution is -2.13. The van der Waals surface area contributed by atoms with E-state index in [1.54, 1.807) is 18.2 Å². The van der Waals surface area contributed by atoms with Crippen LogP contribution in [0.15, 0.2) is 53.4 Å². The molecule has 8 heteroatoms. The molecule has 2 aromatic rings. The van der Waals surface area contributed by atoms with Crippen LogP contribution in [0.2, 0.25) is 0 Å². The summed E-state index contributed by atoms with van der Waals surface area (Å²) in [6.07, 6.45) is 2.26. The maximum atomic E-state index is 12.5. The van der Waals surface area contributed by atoms with Gasteiger partial charge in [-0.1, -0.05) is 12.1 Å². The second-order valence-electron chi connectivity index (χ2n) is 4.92. The molecule has 2 N–H and O–H groups in total. The van der Waals surface area contributed by atoms with Crippen molar-refractivity contribution in [1.29, 1.82) is 0 Å². The number of sulfonamides is 1. The maximum absolute atomic E-state index is 12.5. The van der Waals surface area contributed by atoms with Crippen LogP contribution in [0.4, 0.5) is 5.69 Å². The molecule has 2 aromatic carbocycles. The number of hydrogen-bond acceptors (Lipinski definition) is 5. The highest BCUT2D eigenvalue weighted by atomic mass is 32.2. The highest BCUT2D eigenvalue weighted by Crippen LogP contribution is 2.30. The van der Waals surface area contributed by atoms with Crippen LogP contribution in [0.25, 0.3) is 6.08 Å². The molecule has 0 fully saturated rings. The summed E-state index contributed by atoms with van der Waals surface area (Å²) in [7, 11) is -0.910. The van der Waals surface area contributed by atoms with E-state index in [1.165, 1.54) is 44.6 Å². The van der Waals surface area contributed by atoms with Crippen LogP contribution in [0.5, 0.6) is 11.5 Å². The third kappa shape index (κ3) is 4.74. The normalized spacial score (nSPS) is 11.3. The van der Waals surface area contributed by atoms with Crippen LogP contribution < -0.4 is 14.2 Å². The number of carboxylic acids is 1. The van der Waals surface area contributed by atoms with Gasteiger partial charge in [0.25, 0.3) is 10.0 Å². The first-order valence-electron chi connectivity index (χ1n) is 7.11. The Morgan fingerprint density at radius 2 is 1.80 bits per heavy atom. The topological polar surface area (TPSA) is 102 Å². The van der Waals surface area contributed by atoms with Crippen LogP contribution in [0.1, 0.15) is 5.56 Å².